The van der Waals surface area contributed by atoms with Gasteiger partial charge in [0.15, 0.2) is 0 Å². The van der Waals surface area contributed by atoms with Gasteiger partial charge in [0.2, 0.25) is 0 Å². The average Bonchev–Trinajstić information content (AvgIpc) is 2.61. The highest BCUT2D eigenvalue weighted by atomic mass is 16.5. The molecule has 0 spiro atoms. The minimum atomic E-state index is -0.612. The van der Waals surface area contributed by atoms with Crippen LogP contribution in [0.4, 0.5) is 0 Å². The Labute approximate surface area is 145 Å². The summed E-state index contributed by atoms with van der Waals surface area (Å²) in [5.41, 5.74) is 1.22. The molecule has 5 heteroatoms. The van der Waals surface area contributed by atoms with Crippen LogP contribution in [0.1, 0.15) is 28.5 Å². The number of ether oxygens (including phenoxy) is 2. The number of hydrogen-bond acceptors (Lipinski definition) is 4. The smallest absolute Gasteiger partial charge is 0.343 e. The van der Waals surface area contributed by atoms with Crippen LogP contribution in [0.5, 0.6) is 5.75 Å². The van der Waals surface area contributed by atoms with Gasteiger partial charge in [-0.3, -0.25) is 4.79 Å². The predicted molar refractivity (Wildman–Crippen MR) is 96.3 cm³/mol. The number of aromatic amines is 1. The highest BCUT2D eigenvalue weighted by molar-refractivity contribution is 5.89. The minimum absolute atomic E-state index is 0.0103. The van der Waals surface area contributed by atoms with E-state index in [-0.39, 0.29) is 12.2 Å². The lowest BCUT2D eigenvalue weighted by Gasteiger charge is -2.11. The molecule has 5 nitrogen and oxygen atoms in total. The fraction of sp³-hybridized carbons (Fsp3) is 0.200. The maximum absolute atomic E-state index is 12.1. The lowest BCUT2D eigenvalue weighted by Crippen LogP contribution is -2.20. The Bertz CT molecular complexity index is 975. The summed E-state index contributed by atoms with van der Waals surface area (Å²) in [6.07, 6.45) is 0.492. The van der Waals surface area contributed by atoms with Crippen LogP contribution in [-0.2, 0) is 11.2 Å². The first kappa shape index (κ1) is 16.8. The molecular formula is C20H19NO4. The molecule has 0 atom stereocenters. The zero-order chi connectivity index (χ0) is 17.8. The van der Waals surface area contributed by atoms with E-state index >= 15 is 0 Å². The summed E-state index contributed by atoms with van der Waals surface area (Å²) in [4.78, 5) is 26.6. The third kappa shape index (κ3) is 3.55. The second-order valence-corrected chi connectivity index (χ2v) is 5.63. The molecule has 1 aromatic heterocycles. The van der Waals surface area contributed by atoms with Gasteiger partial charge < -0.3 is 14.5 Å². The minimum Gasteiger partial charge on any atom is -0.496 e. The topological polar surface area (TPSA) is 68.4 Å². The van der Waals surface area contributed by atoms with E-state index in [0.29, 0.717) is 12.1 Å². The Morgan fingerprint density at radius 1 is 1.08 bits per heavy atom. The quantitative estimate of drug-likeness (QED) is 0.725. The Balaban J connectivity index is 1.94. The number of rotatable bonds is 5. The van der Waals surface area contributed by atoms with E-state index in [1.54, 1.807) is 20.1 Å². The normalized spacial score (nSPS) is 10.6. The molecular weight excluding hydrogens is 318 g/mol. The van der Waals surface area contributed by atoms with E-state index in [9.17, 15) is 9.59 Å². The van der Waals surface area contributed by atoms with E-state index in [1.807, 2.05) is 36.4 Å². The first-order chi connectivity index (χ1) is 12.1. The second-order valence-electron chi connectivity index (χ2n) is 5.63. The summed E-state index contributed by atoms with van der Waals surface area (Å²) in [5.74, 6) is 0.146. The molecule has 3 rings (SSSR count). The number of benzene rings is 2. The van der Waals surface area contributed by atoms with E-state index in [1.165, 1.54) is 6.07 Å². The van der Waals surface area contributed by atoms with Gasteiger partial charge in [0.05, 0.1) is 13.7 Å². The predicted octanol–water partition coefficient (Wildman–Crippen LogP) is 3.30. The first-order valence-electron chi connectivity index (χ1n) is 8.07. The largest absolute Gasteiger partial charge is 0.496 e. The van der Waals surface area contributed by atoms with Crippen molar-refractivity contribution >= 4 is 16.7 Å². The van der Waals surface area contributed by atoms with Gasteiger partial charge in [-0.05, 0) is 42.0 Å². The molecule has 0 bridgehead atoms. The number of methoxy groups -OCH3 is 1. The molecule has 0 amide bonds. The highest BCUT2D eigenvalue weighted by Gasteiger charge is 2.13. The van der Waals surface area contributed by atoms with Crippen molar-refractivity contribution in [1.82, 2.24) is 4.98 Å². The second kappa shape index (κ2) is 7.21. The van der Waals surface area contributed by atoms with E-state index in [4.69, 9.17) is 9.47 Å². The zero-order valence-corrected chi connectivity index (χ0v) is 14.2. The van der Waals surface area contributed by atoms with Gasteiger partial charge in [-0.25, -0.2) is 4.79 Å². The molecule has 1 N–H and O–H groups in total. The Hall–Kier alpha value is -3.08. The lowest BCUT2D eigenvalue weighted by atomic mass is 10.0. The van der Waals surface area contributed by atoms with Gasteiger partial charge in [-0.15, -0.1) is 0 Å². The maximum Gasteiger partial charge on any atom is 0.343 e. The van der Waals surface area contributed by atoms with Crippen LogP contribution in [0.25, 0.3) is 10.8 Å². The van der Waals surface area contributed by atoms with Gasteiger partial charge in [0.25, 0.3) is 5.56 Å². The molecule has 25 heavy (non-hydrogen) atoms. The molecule has 0 aliphatic rings. The SMILES string of the molecule is CCOC(=O)c1ccc(Cc2cc3ccccc3cc2OC)[nH]c1=O. The van der Waals surface area contributed by atoms with Crippen molar-refractivity contribution in [1.29, 1.82) is 0 Å². The monoisotopic (exact) mass is 337 g/mol. The van der Waals surface area contributed by atoms with E-state index < -0.39 is 11.5 Å². The summed E-state index contributed by atoms with van der Waals surface area (Å²) >= 11 is 0. The molecule has 2 aromatic carbocycles. The number of carbonyl (C=O) groups excluding carboxylic acids is 1. The van der Waals surface area contributed by atoms with Crippen LogP contribution in [-0.4, -0.2) is 24.7 Å². The summed E-state index contributed by atoms with van der Waals surface area (Å²) in [6, 6.07) is 15.3. The van der Waals surface area contributed by atoms with Crippen molar-refractivity contribution in [2.75, 3.05) is 13.7 Å². The molecule has 0 saturated carbocycles. The zero-order valence-electron chi connectivity index (χ0n) is 14.2. The third-order valence-corrected chi connectivity index (χ3v) is 3.99. The Kier molecular flexibility index (Phi) is 4.84. The van der Waals surface area contributed by atoms with E-state index in [0.717, 1.165) is 22.1 Å². The number of fused-ring (bicyclic) bond motifs is 1. The van der Waals surface area contributed by atoms with E-state index in [2.05, 4.69) is 4.98 Å². The molecule has 128 valence electrons. The number of pyridine rings is 1. The fourth-order valence-electron chi connectivity index (χ4n) is 2.79. The number of nitrogens with one attached hydrogen (secondary N) is 1. The highest BCUT2D eigenvalue weighted by Crippen LogP contribution is 2.27. The van der Waals surface area contributed by atoms with Crippen LogP contribution in [0.2, 0.25) is 0 Å². The molecule has 0 aliphatic carbocycles. The van der Waals surface area contributed by atoms with Crippen LogP contribution in [0, 0.1) is 0 Å². The Morgan fingerprint density at radius 2 is 1.80 bits per heavy atom. The number of hydrogen-bond donors (Lipinski definition) is 1. The summed E-state index contributed by atoms with van der Waals surface area (Å²) in [5, 5.41) is 2.19. The van der Waals surface area contributed by atoms with Crippen LogP contribution < -0.4 is 10.3 Å². The molecule has 0 fully saturated rings. The molecule has 0 aliphatic heterocycles. The van der Waals surface area contributed by atoms with Gasteiger partial charge in [0, 0.05) is 17.7 Å². The van der Waals surface area contributed by atoms with Crippen molar-refractivity contribution in [2.24, 2.45) is 0 Å². The molecule has 0 radical (unpaired) electrons. The van der Waals surface area contributed by atoms with Gasteiger partial charge >= 0.3 is 5.97 Å². The molecule has 1 heterocycles. The van der Waals surface area contributed by atoms with Crippen LogP contribution in [0.3, 0.4) is 0 Å². The van der Waals surface area contributed by atoms with Crippen molar-refractivity contribution in [3.05, 3.63) is 75.7 Å². The van der Waals surface area contributed by atoms with Crippen molar-refractivity contribution in [2.45, 2.75) is 13.3 Å². The number of H-pyrrole nitrogens is 1. The summed E-state index contributed by atoms with van der Waals surface area (Å²) in [6.45, 7) is 1.93. The fourth-order valence-corrected chi connectivity index (χ4v) is 2.79. The number of esters is 1. The van der Waals surface area contributed by atoms with Crippen molar-refractivity contribution in [3.8, 4) is 5.75 Å². The van der Waals surface area contributed by atoms with Crippen LogP contribution in [0.15, 0.2) is 53.3 Å². The Morgan fingerprint density at radius 3 is 2.44 bits per heavy atom. The van der Waals surface area contributed by atoms with Gasteiger partial charge in [0.1, 0.15) is 11.3 Å². The molecule has 3 aromatic rings. The number of carbonyl (C=O) groups is 1. The number of aromatic nitrogens is 1. The van der Waals surface area contributed by atoms with Crippen molar-refractivity contribution < 1.29 is 14.3 Å². The van der Waals surface area contributed by atoms with Crippen LogP contribution >= 0.6 is 0 Å². The molecule has 0 saturated heterocycles. The summed E-state index contributed by atoms with van der Waals surface area (Å²) in [7, 11) is 1.63. The maximum atomic E-state index is 12.1. The summed E-state index contributed by atoms with van der Waals surface area (Å²) < 4.78 is 10.4. The van der Waals surface area contributed by atoms with Crippen molar-refractivity contribution in [3.63, 3.8) is 0 Å². The van der Waals surface area contributed by atoms with Gasteiger partial charge in [-0.2, -0.15) is 0 Å². The third-order valence-electron chi connectivity index (χ3n) is 3.99. The molecule has 0 unspecified atom stereocenters. The van der Waals surface area contributed by atoms with Gasteiger partial charge in [-0.1, -0.05) is 24.3 Å². The first-order valence-corrected chi connectivity index (χ1v) is 8.07. The average molecular weight is 337 g/mol. The standard InChI is InChI=1S/C20H19NO4/c1-3-25-20(23)17-9-8-16(21-19(17)22)11-15-10-13-6-4-5-7-14(13)12-18(15)24-2/h4-10,12H,3,11H2,1-2H3,(H,21,22). The lowest BCUT2D eigenvalue weighted by molar-refractivity contribution is 0.0524.